The number of carbonyl (C=O) groups excluding carboxylic acids is 2. The number of hydrogen-bond donors (Lipinski definition) is 2. The van der Waals surface area contributed by atoms with Gasteiger partial charge in [0.05, 0.1) is 11.8 Å². The summed E-state index contributed by atoms with van der Waals surface area (Å²) in [5.41, 5.74) is 0. The van der Waals surface area contributed by atoms with E-state index in [2.05, 4.69) is 5.32 Å². The summed E-state index contributed by atoms with van der Waals surface area (Å²) >= 11 is 0. The number of sulfone groups is 1. The molecular formula is C7H11N3O4S. The Kier molecular flexibility index (Phi) is 5.33. The third-order valence-corrected chi connectivity index (χ3v) is 2.24. The molecule has 0 aliphatic carbocycles. The molecule has 0 atom stereocenters. The van der Waals surface area contributed by atoms with Crippen LogP contribution >= 0.6 is 0 Å². The second kappa shape index (κ2) is 5.98. The third-order valence-electron chi connectivity index (χ3n) is 1.29. The van der Waals surface area contributed by atoms with Crippen LogP contribution in [0.2, 0.25) is 0 Å². The molecule has 0 saturated heterocycles. The Bertz CT molecular complexity index is 382. The average molecular weight is 233 g/mol. The number of amides is 2. The fourth-order valence-electron chi connectivity index (χ4n) is 0.630. The summed E-state index contributed by atoms with van der Waals surface area (Å²) in [6.45, 7) is -0.393. The molecule has 7 nitrogen and oxygen atoms in total. The molecule has 0 unspecified atom stereocenters. The van der Waals surface area contributed by atoms with Crippen molar-refractivity contribution in [2.24, 2.45) is 0 Å². The predicted octanol–water partition coefficient (Wildman–Crippen LogP) is -2.21. The quantitative estimate of drug-likeness (QED) is 0.421. The number of carbonyl (C=O) groups is 2. The molecule has 0 spiro atoms. The highest BCUT2D eigenvalue weighted by Crippen LogP contribution is 1.79. The van der Waals surface area contributed by atoms with Crippen LogP contribution in [0.5, 0.6) is 0 Å². The van der Waals surface area contributed by atoms with Crippen LogP contribution < -0.4 is 10.6 Å². The Morgan fingerprint density at radius 1 is 1.27 bits per heavy atom. The highest BCUT2D eigenvalue weighted by atomic mass is 32.2. The van der Waals surface area contributed by atoms with E-state index in [9.17, 15) is 18.0 Å². The van der Waals surface area contributed by atoms with Crippen molar-refractivity contribution in [2.45, 2.75) is 0 Å². The maximum absolute atomic E-state index is 10.9. The van der Waals surface area contributed by atoms with Crippen molar-refractivity contribution in [2.75, 3.05) is 25.1 Å². The van der Waals surface area contributed by atoms with Gasteiger partial charge in [-0.2, -0.15) is 5.26 Å². The minimum Gasteiger partial charge on any atom is -0.347 e. The van der Waals surface area contributed by atoms with E-state index in [-0.39, 0.29) is 18.8 Å². The van der Waals surface area contributed by atoms with Crippen LogP contribution in [0.4, 0.5) is 0 Å². The monoisotopic (exact) mass is 233 g/mol. The summed E-state index contributed by atoms with van der Waals surface area (Å²) in [7, 11) is -3.16. The molecule has 0 fully saturated rings. The zero-order chi connectivity index (χ0) is 11.9. The van der Waals surface area contributed by atoms with Crippen LogP contribution in [-0.4, -0.2) is 45.3 Å². The van der Waals surface area contributed by atoms with Crippen molar-refractivity contribution >= 4 is 21.7 Å². The fraction of sp³-hybridized carbons (Fsp3) is 0.571. The van der Waals surface area contributed by atoms with E-state index in [1.54, 1.807) is 6.07 Å². The first-order chi connectivity index (χ1) is 6.87. The van der Waals surface area contributed by atoms with Crippen molar-refractivity contribution in [1.82, 2.24) is 10.6 Å². The number of nitriles is 1. The summed E-state index contributed by atoms with van der Waals surface area (Å²) < 4.78 is 21.3. The van der Waals surface area contributed by atoms with E-state index < -0.39 is 21.7 Å². The molecule has 0 bridgehead atoms. The van der Waals surface area contributed by atoms with Crippen molar-refractivity contribution in [3.63, 3.8) is 0 Å². The third kappa shape index (κ3) is 7.45. The fourth-order valence-corrected chi connectivity index (χ4v) is 1.10. The van der Waals surface area contributed by atoms with Gasteiger partial charge < -0.3 is 10.6 Å². The van der Waals surface area contributed by atoms with Gasteiger partial charge in [0.15, 0.2) is 0 Å². The lowest BCUT2D eigenvalue weighted by Gasteiger charge is -2.02. The summed E-state index contributed by atoms with van der Waals surface area (Å²) in [6, 6.07) is 1.63. The zero-order valence-corrected chi connectivity index (χ0v) is 8.93. The van der Waals surface area contributed by atoms with E-state index in [4.69, 9.17) is 5.26 Å². The first-order valence-corrected chi connectivity index (χ1v) is 6.03. The van der Waals surface area contributed by atoms with Gasteiger partial charge in [-0.3, -0.25) is 9.59 Å². The molecule has 0 aromatic rings. The van der Waals surface area contributed by atoms with E-state index in [1.165, 1.54) is 0 Å². The molecule has 0 aliphatic rings. The number of rotatable bonds is 4. The molecule has 2 amide bonds. The lowest BCUT2D eigenvalue weighted by Crippen LogP contribution is -2.41. The first-order valence-electron chi connectivity index (χ1n) is 3.97. The Balaban J connectivity index is 3.85. The molecule has 8 heteroatoms. The molecule has 0 aliphatic heterocycles. The summed E-state index contributed by atoms with van der Waals surface area (Å²) in [4.78, 5) is 21.7. The minimum atomic E-state index is -3.16. The lowest BCUT2D eigenvalue weighted by molar-refractivity contribution is -0.138. The molecule has 0 saturated carbocycles. The van der Waals surface area contributed by atoms with Gasteiger partial charge in [0.1, 0.15) is 16.4 Å². The zero-order valence-electron chi connectivity index (χ0n) is 8.11. The Labute approximate surface area is 87.4 Å². The second-order valence-corrected chi connectivity index (χ2v) is 4.99. The Morgan fingerprint density at radius 3 is 2.27 bits per heavy atom. The first kappa shape index (κ1) is 13.4. The molecule has 0 heterocycles. The minimum absolute atomic E-state index is 0.127. The maximum Gasteiger partial charge on any atom is 0.310 e. The summed E-state index contributed by atoms with van der Waals surface area (Å²) in [6.07, 6.45) is 1.02. The smallest absolute Gasteiger partial charge is 0.310 e. The molecule has 84 valence electrons. The van der Waals surface area contributed by atoms with E-state index in [1.807, 2.05) is 5.32 Å². The van der Waals surface area contributed by atoms with Gasteiger partial charge >= 0.3 is 11.8 Å². The van der Waals surface area contributed by atoms with Crippen molar-refractivity contribution in [1.29, 1.82) is 5.26 Å². The summed E-state index contributed by atoms with van der Waals surface area (Å²) in [5.74, 6) is -2.14. The normalized spacial score (nSPS) is 10.1. The van der Waals surface area contributed by atoms with Gasteiger partial charge in [0.25, 0.3) is 0 Å². The SMILES string of the molecule is CS(=O)(=O)CCNC(=O)C(=O)NCC#N. The molecular weight excluding hydrogens is 222 g/mol. The van der Waals surface area contributed by atoms with E-state index in [0.29, 0.717) is 0 Å². The van der Waals surface area contributed by atoms with Crippen LogP contribution in [0.25, 0.3) is 0 Å². The number of hydrogen-bond acceptors (Lipinski definition) is 5. The van der Waals surface area contributed by atoms with E-state index >= 15 is 0 Å². The highest BCUT2D eigenvalue weighted by molar-refractivity contribution is 7.90. The molecule has 15 heavy (non-hydrogen) atoms. The Hall–Kier alpha value is -1.62. The van der Waals surface area contributed by atoms with Gasteiger partial charge in [0.2, 0.25) is 0 Å². The standard InChI is InChI=1S/C7H11N3O4S/c1-15(13,14)5-4-10-7(12)6(11)9-3-2-8/h3-5H2,1H3,(H,9,11)(H,10,12). The number of nitrogens with zero attached hydrogens (tertiary/aromatic N) is 1. The van der Waals surface area contributed by atoms with Crippen molar-refractivity contribution in [3.05, 3.63) is 0 Å². The molecule has 0 aromatic heterocycles. The van der Waals surface area contributed by atoms with Crippen LogP contribution in [0, 0.1) is 11.3 Å². The van der Waals surface area contributed by atoms with Gasteiger partial charge in [-0.1, -0.05) is 0 Å². The molecule has 0 aromatic carbocycles. The predicted molar refractivity (Wildman–Crippen MR) is 51.3 cm³/mol. The number of nitrogens with one attached hydrogen (secondary N) is 2. The van der Waals surface area contributed by atoms with E-state index in [0.717, 1.165) is 6.26 Å². The molecule has 0 radical (unpaired) electrons. The average Bonchev–Trinajstić information content (AvgIpc) is 2.11. The van der Waals surface area contributed by atoms with Gasteiger partial charge in [0, 0.05) is 12.8 Å². The molecule has 0 rings (SSSR count). The van der Waals surface area contributed by atoms with Gasteiger partial charge in [-0.15, -0.1) is 0 Å². The molecule has 2 N–H and O–H groups in total. The Morgan fingerprint density at radius 2 is 1.80 bits per heavy atom. The second-order valence-electron chi connectivity index (χ2n) is 2.73. The van der Waals surface area contributed by atoms with Crippen LogP contribution in [0.1, 0.15) is 0 Å². The van der Waals surface area contributed by atoms with Crippen molar-refractivity contribution < 1.29 is 18.0 Å². The van der Waals surface area contributed by atoms with Crippen molar-refractivity contribution in [3.8, 4) is 6.07 Å². The lowest BCUT2D eigenvalue weighted by atomic mass is 10.5. The van der Waals surface area contributed by atoms with Gasteiger partial charge in [-0.25, -0.2) is 8.42 Å². The van der Waals surface area contributed by atoms with Gasteiger partial charge in [-0.05, 0) is 0 Å². The van der Waals surface area contributed by atoms with Crippen LogP contribution in [-0.2, 0) is 19.4 Å². The van der Waals surface area contributed by atoms with Crippen LogP contribution in [0.3, 0.4) is 0 Å². The summed E-state index contributed by atoms with van der Waals surface area (Å²) in [5, 5.41) is 12.2. The maximum atomic E-state index is 10.9. The largest absolute Gasteiger partial charge is 0.347 e. The topological polar surface area (TPSA) is 116 Å². The van der Waals surface area contributed by atoms with Crippen LogP contribution in [0.15, 0.2) is 0 Å². The highest BCUT2D eigenvalue weighted by Gasteiger charge is 2.12.